The molecule has 0 unspecified atom stereocenters. The minimum absolute atomic E-state index is 0.120. The molecule has 2 aromatic rings. The monoisotopic (exact) mass is 360 g/mol. The number of ether oxygens (including phenoxy) is 2. The summed E-state index contributed by atoms with van der Waals surface area (Å²) < 4.78 is 15.8. The SMILES string of the molecule is COc1cc(OC)cc(-c2nnc(NC(=O)CN3C(=O)CCC3=O)o2)c1. The summed E-state index contributed by atoms with van der Waals surface area (Å²) in [4.78, 5) is 35.9. The normalized spacial score (nSPS) is 13.8. The average molecular weight is 360 g/mol. The quantitative estimate of drug-likeness (QED) is 0.752. The van der Waals surface area contributed by atoms with Gasteiger partial charge < -0.3 is 13.9 Å². The Balaban J connectivity index is 1.71. The zero-order chi connectivity index (χ0) is 18.7. The summed E-state index contributed by atoms with van der Waals surface area (Å²) in [6, 6.07) is 4.88. The summed E-state index contributed by atoms with van der Waals surface area (Å²) in [5.41, 5.74) is 0.541. The van der Waals surface area contributed by atoms with Crippen LogP contribution in [0.15, 0.2) is 22.6 Å². The first-order valence-corrected chi connectivity index (χ1v) is 7.70. The van der Waals surface area contributed by atoms with Crippen LogP contribution < -0.4 is 14.8 Å². The molecule has 10 heteroatoms. The van der Waals surface area contributed by atoms with Crippen molar-refractivity contribution in [3.8, 4) is 23.0 Å². The Labute approximate surface area is 148 Å². The van der Waals surface area contributed by atoms with Crippen LogP contribution in [0, 0.1) is 0 Å². The molecule has 0 saturated carbocycles. The third kappa shape index (κ3) is 3.63. The summed E-state index contributed by atoms with van der Waals surface area (Å²) in [6.07, 6.45) is 0.239. The third-order valence-corrected chi connectivity index (χ3v) is 3.73. The Bertz CT molecular complexity index is 824. The van der Waals surface area contributed by atoms with E-state index in [9.17, 15) is 14.4 Å². The van der Waals surface area contributed by atoms with E-state index < -0.39 is 5.91 Å². The van der Waals surface area contributed by atoms with Gasteiger partial charge in [0.05, 0.1) is 14.2 Å². The smallest absolute Gasteiger partial charge is 0.322 e. The molecule has 1 N–H and O–H groups in total. The van der Waals surface area contributed by atoms with Gasteiger partial charge in [-0.05, 0) is 12.1 Å². The molecule has 2 heterocycles. The van der Waals surface area contributed by atoms with E-state index in [0.717, 1.165) is 4.90 Å². The van der Waals surface area contributed by atoms with Gasteiger partial charge in [0.25, 0.3) is 0 Å². The van der Waals surface area contributed by atoms with Crippen LogP contribution in [0.1, 0.15) is 12.8 Å². The molecular weight excluding hydrogens is 344 g/mol. The van der Waals surface area contributed by atoms with E-state index in [1.54, 1.807) is 18.2 Å². The summed E-state index contributed by atoms with van der Waals surface area (Å²) in [5, 5.41) is 9.97. The van der Waals surface area contributed by atoms with E-state index in [0.29, 0.717) is 17.1 Å². The van der Waals surface area contributed by atoms with Crippen molar-refractivity contribution < 1.29 is 28.3 Å². The number of hydrogen-bond donors (Lipinski definition) is 1. The third-order valence-electron chi connectivity index (χ3n) is 3.73. The topological polar surface area (TPSA) is 124 Å². The second-order valence-corrected chi connectivity index (χ2v) is 5.44. The van der Waals surface area contributed by atoms with E-state index in [-0.39, 0.29) is 43.1 Å². The predicted octanol–water partition coefficient (Wildman–Crippen LogP) is 0.841. The van der Waals surface area contributed by atoms with Gasteiger partial charge in [0.15, 0.2) is 0 Å². The van der Waals surface area contributed by atoms with Crippen molar-refractivity contribution in [2.45, 2.75) is 12.8 Å². The fourth-order valence-electron chi connectivity index (χ4n) is 2.42. The molecule has 0 bridgehead atoms. The van der Waals surface area contributed by atoms with E-state index >= 15 is 0 Å². The van der Waals surface area contributed by atoms with Crippen molar-refractivity contribution in [1.82, 2.24) is 15.1 Å². The number of carbonyl (C=O) groups is 3. The van der Waals surface area contributed by atoms with Crippen molar-refractivity contribution in [3.63, 3.8) is 0 Å². The maximum atomic E-state index is 12.0. The number of hydrogen-bond acceptors (Lipinski definition) is 8. The standard InChI is InChI=1S/C16H16N4O6/c1-24-10-5-9(6-11(7-10)25-2)15-18-19-16(26-15)17-12(21)8-20-13(22)3-4-14(20)23/h5-7H,3-4,8H2,1-2H3,(H,17,19,21). The summed E-state index contributed by atoms with van der Waals surface area (Å²) in [7, 11) is 3.03. The Morgan fingerprint density at radius 3 is 2.31 bits per heavy atom. The molecule has 1 aliphatic heterocycles. The summed E-state index contributed by atoms with van der Waals surface area (Å²) >= 11 is 0. The van der Waals surface area contributed by atoms with Crippen LogP contribution >= 0.6 is 0 Å². The Morgan fingerprint density at radius 2 is 1.73 bits per heavy atom. The first-order chi connectivity index (χ1) is 12.5. The molecule has 26 heavy (non-hydrogen) atoms. The molecule has 1 saturated heterocycles. The molecular formula is C16H16N4O6. The molecule has 3 rings (SSSR count). The van der Waals surface area contributed by atoms with Gasteiger partial charge in [0, 0.05) is 24.5 Å². The molecule has 1 aliphatic rings. The van der Waals surface area contributed by atoms with Gasteiger partial charge in [0.1, 0.15) is 18.0 Å². The first kappa shape index (κ1) is 17.4. The number of anilines is 1. The molecule has 0 spiro atoms. The van der Waals surface area contributed by atoms with Gasteiger partial charge in [-0.15, -0.1) is 5.10 Å². The molecule has 0 atom stereocenters. The number of likely N-dealkylation sites (tertiary alicyclic amines) is 1. The van der Waals surface area contributed by atoms with Gasteiger partial charge in [0.2, 0.25) is 23.6 Å². The second-order valence-electron chi connectivity index (χ2n) is 5.44. The highest BCUT2D eigenvalue weighted by atomic mass is 16.5. The summed E-state index contributed by atoms with van der Waals surface area (Å²) in [5.74, 6) is -0.138. The van der Waals surface area contributed by atoms with Crippen LogP contribution in [-0.2, 0) is 14.4 Å². The molecule has 136 valence electrons. The lowest BCUT2D eigenvalue weighted by Gasteiger charge is -2.11. The van der Waals surface area contributed by atoms with Crippen LogP contribution in [0.2, 0.25) is 0 Å². The van der Waals surface area contributed by atoms with Crippen molar-refractivity contribution in [2.24, 2.45) is 0 Å². The zero-order valence-corrected chi connectivity index (χ0v) is 14.1. The average Bonchev–Trinajstić information content (AvgIpc) is 3.23. The van der Waals surface area contributed by atoms with E-state index in [1.807, 2.05) is 0 Å². The van der Waals surface area contributed by atoms with Gasteiger partial charge in [-0.3, -0.25) is 24.6 Å². The largest absolute Gasteiger partial charge is 0.497 e. The fraction of sp³-hybridized carbons (Fsp3) is 0.312. The number of nitrogens with zero attached hydrogens (tertiary/aromatic N) is 3. The van der Waals surface area contributed by atoms with Crippen LogP contribution in [0.4, 0.5) is 6.01 Å². The van der Waals surface area contributed by atoms with Crippen LogP contribution in [0.5, 0.6) is 11.5 Å². The van der Waals surface area contributed by atoms with Gasteiger partial charge >= 0.3 is 6.01 Å². The van der Waals surface area contributed by atoms with E-state index in [4.69, 9.17) is 13.9 Å². The number of aromatic nitrogens is 2. The van der Waals surface area contributed by atoms with Crippen molar-refractivity contribution in [2.75, 3.05) is 26.1 Å². The molecule has 1 aromatic carbocycles. The van der Waals surface area contributed by atoms with E-state index in [2.05, 4.69) is 15.5 Å². The van der Waals surface area contributed by atoms with Crippen LogP contribution in [0.3, 0.4) is 0 Å². The van der Waals surface area contributed by atoms with Crippen molar-refractivity contribution in [1.29, 1.82) is 0 Å². The van der Waals surface area contributed by atoms with E-state index in [1.165, 1.54) is 14.2 Å². The van der Waals surface area contributed by atoms with Gasteiger partial charge in [-0.2, -0.15) is 0 Å². The van der Waals surface area contributed by atoms with Gasteiger partial charge in [-0.1, -0.05) is 5.10 Å². The predicted molar refractivity (Wildman–Crippen MR) is 87.4 cm³/mol. The molecule has 0 radical (unpaired) electrons. The van der Waals surface area contributed by atoms with Crippen molar-refractivity contribution >= 4 is 23.7 Å². The molecule has 0 aliphatic carbocycles. The van der Waals surface area contributed by atoms with Crippen LogP contribution in [0.25, 0.3) is 11.5 Å². The minimum Gasteiger partial charge on any atom is -0.497 e. The number of methoxy groups -OCH3 is 2. The maximum Gasteiger partial charge on any atom is 0.322 e. The second kappa shape index (κ2) is 7.21. The zero-order valence-electron chi connectivity index (χ0n) is 14.1. The highest BCUT2D eigenvalue weighted by Crippen LogP contribution is 2.29. The van der Waals surface area contributed by atoms with Gasteiger partial charge in [-0.25, -0.2) is 0 Å². The lowest BCUT2D eigenvalue weighted by molar-refractivity contribution is -0.141. The lowest BCUT2D eigenvalue weighted by atomic mass is 10.2. The van der Waals surface area contributed by atoms with Crippen molar-refractivity contribution in [3.05, 3.63) is 18.2 Å². The van der Waals surface area contributed by atoms with Crippen LogP contribution in [-0.4, -0.2) is 53.6 Å². The number of benzene rings is 1. The minimum atomic E-state index is -0.605. The maximum absolute atomic E-state index is 12.0. The number of imide groups is 1. The highest BCUT2D eigenvalue weighted by molar-refractivity contribution is 6.05. The Kier molecular flexibility index (Phi) is 4.83. The molecule has 1 fully saturated rings. The molecule has 3 amide bonds. The first-order valence-electron chi connectivity index (χ1n) is 7.70. The fourth-order valence-corrected chi connectivity index (χ4v) is 2.42. The Morgan fingerprint density at radius 1 is 1.12 bits per heavy atom. The number of carbonyl (C=O) groups excluding carboxylic acids is 3. The number of nitrogens with one attached hydrogen (secondary N) is 1. The number of amides is 3. The number of rotatable bonds is 6. The summed E-state index contributed by atoms with van der Waals surface area (Å²) in [6.45, 7) is -0.387. The highest BCUT2D eigenvalue weighted by Gasteiger charge is 2.30. The molecule has 10 nitrogen and oxygen atoms in total. The molecule has 1 aromatic heterocycles. The Hall–Kier alpha value is -3.43. The lowest BCUT2D eigenvalue weighted by Crippen LogP contribution is -2.36.